The third kappa shape index (κ3) is 3.51. The van der Waals surface area contributed by atoms with E-state index in [4.69, 9.17) is 0 Å². The van der Waals surface area contributed by atoms with Gasteiger partial charge in [0.25, 0.3) is 5.91 Å². The number of benzene rings is 1. The van der Waals surface area contributed by atoms with Gasteiger partial charge in [-0.2, -0.15) is 0 Å². The van der Waals surface area contributed by atoms with Gasteiger partial charge in [0.1, 0.15) is 6.10 Å². The Labute approximate surface area is 136 Å². The van der Waals surface area contributed by atoms with E-state index < -0.39 is 6.10 Å². The number of fused-ring (bicyclic) bond motifs is 1. The molecular weight excluding hydrogens is 290 g/mol. The number of aliphatic hydroxyl groups excluding tert-OH is 1. The van der Waals surface area contributed by atoms with E-state index in [0.29, 0.717) is 13.1 Å². The number of nitrogens with zero attached hydrogens (tertiary/aromatic N) is 3. The summed E-state index contributed by atoms with van der Waals surface area (Å²) in [5.41, 5.74) is 3.34. The minimum Gasteiger partial charge on any atom is -0.384 e. The Morgan fingerprint density at radius 3 is 2.65 bits per heavy atom. The molecule has 1 aromatic carbocycles. The van der Waals surface area contributed by atoms with Crippen LogP contribution >= 0.6 is 0 Å². The van der Waals surface area contributed by atoms with Crippen molar-refractivity contribution in [3.8, 4) is 0 Å². The Bertz CT molecular complexity index is 706. The molecule has 1 aliphatic heterocycles. The van der Waals surface area contributed by atoms with Gasteiger partial charge >= 0.3 is 0 Å². The summed E-state index contributed by atoms with van der Waals surface area (Å²) in [5.74, 6) is -0.171. The Morgan fingerprint density at radius 1 is 1.26 bits per heavy atom. The second kappa shape index (κ2) is 6.64. The fourth-order valence-electron chi connectivity index (χ4n) is 3.16. The van der Waals surface area contributed by atoms with Gasteiger partial charge in [-0.25, -0.2) is 0 Å². The second-order valence-corrected chi connectivity index (χ2v) is 6.22. The van der Waals surface area contributed by atoms with Crippen molar-refractivity contribution in [3.05, 3.63) is 41.6 Å². The second-order valence-electron chi connectivity index (χ2n) is 6.22. The number of aliphatic hydroxyl groups is 1. The van der Waals surface area contributed by atoms with Crippen LogP contribution in [0.15, 0.2) is 30.3 Å². The number of aryl methyl sites for hydroxylation is 1. The molecule has 1 saturated heterocycles. The van der Waals surface area contributed by atoms with Crippen molar-refractivity contribution >= 4 is 16.8 Å². The topological polar surface area (TPSA) is 56.7 Å². The van der Waals surface area contributed by atoms with Crippen molar-refractivity contribution in [1.29, 1.82) is 0 Å². The van der Waals surface area contributed by atoms with Crippen LogP contribution in [0.3, 0.4) is 0 Å². The third-order valence-electron chi connectivity index (χ3n) is 4.37. The van der Waals surface area contributed by atoms with E-state index in [1.54, 1.807) is 4.90 Å². The summed E-state index contributed by atoms with van der Waals surface area (Å²) in [4.78, 5) is 20.5. The first kappa shape index (κ1) is 15.9. The molecule has 1 unspecified atom stereocenters. The van der Waals surface area contributed by atoms with Crippen LogP contribution < -0.4 is 0 Å². The van der Waals surface area contributed by atoms with Crippen LogP contribution in [-0.4, -0.2) is 58.1 Å². The van der Waals surface area contributed by atoms with Crippen molar-refractivity contribution in [2.24, 2.45) is 0 Å². The van der Waals surface area contributed by atoms with Crippen molar-refractivity contribution in [1.82, 2.24) is 14.8 Å². The van der Waals surface area contributed by atoms with Crippen LogP contribution in [0.2, 0.25) is 0 Å². The molecule has 2 heterocycles. The summed E-state index contributed by atoms with van der Waals surface area (Å²) in [6.45, 7) is 7.41. The third-order valence-corrected chi connectivity index (χ3v) is 4.37. The molecule has 0 radical (unpaired) electrons. The van der Waals surface area contributed by atoms with Gasteiger partial charge < -0.3 is 10.0 Å². The van der Waals surface area contributed by atoms with Crippen LogP contribution in [-0.2, 0) is 11.3 Å². The molecular formula is C18H23N3O2. The molecule has 1 amide bonds. The number of hydrogen-bond donors (Lipinski definition) is 1. The maximum absolute atomic E-state index is 11.8. The molecule has 0 spiro atoms. The van der Waals surface area contributed by atoms with E-state index in [2.05, 4.69) is 22.0 Å². The van der Waals surface area contributed by atoms with E-state index in [1.165, 1.54) is 17.9 Å². The largest absolute Gasteiger partial charge is 0.384 e. The first-order valence-electron chi connectivity index (χ1n) is 8.09. The van der Waals surface area contributed by atoms with Crippen LogP contribution in [0.5, 0.6) is 0 Å². The summed E-state index contributed by atoms with van der Waals surface area (Å²) in [7, 11) is 0. The quantitative estimate of drug-likeness (QED) is 0.934. The molecule has 122 valence electrons. The average molecular weight is 313 g/mol. The monoisotopic (exact) mass is 313 g/mol. The van der Waals surface area contributed by atoms with Gasteiger partial charge in [-0.15, -0.1) is 0 Å². The molecule has 23 heavy (non-hydrogen) atoms. The smallest absolute Gasteiger partial charge is 0.251 e. The van der Waals surface area contributed by atoms with Crippen molar-refractivity contribution in [2.45, 2.75) is 26.5 Å². The maximum Gasteiger partial charge on any atom is 0.251 e. The number of rotatable bonds is 3. The highest BCUT2D eigenvalue weighted by Crippen LogP contribution is 2.20. The van der Waals surface area contributed by atoms with Crippen molar-refractivity contribution < 1.29 is 9.90 Å². The van der Waals surface area contributed by atoms with Crippen LogP contribution in [0.4, 0.5) is 0 Å². The SMILES string of the molecule is Cc1cc(CN2CCN(C(=O)C(C)O)CC2)c2ccccc2n1. The minimum absolute atomic E-state index is 0.171. The molecule has 0 aliphatic carbocycles. The first-order valence-corrected chi connectivity index (χ1v) is 8.09. The van der Waals surface area contributed by atoms with Gasteiger partial charge in [0.05, 0.1) is 5.52 Å². The number of amides is 1. The highest BCUT2D eigenvalue weighted by molar-refractivity contribution is 5.82. The fraction of sp³-hybridized carbons (Fsp3) is 0.444. The molecule has 0 bridgehead atoms. The summed E-state index contributed by atoms with van der Waals surface area (Å²) in [6.07, 6.45) is -0.909. The van der Waals surface area contributed by atoms with Gasteiger partial charge in [0.2, 0.25) is 0 Å². The zero-order valence-electron chi connectivity index (χ0n) is 13.7. The Kier molecular flexibility index (Phi) is 4.59. The molecule has 3 rings (SSSR count). The lowest BCUT2D eigenvalue weighted by molar-refractivity contribution is -0.141. The van der Waals surface area contributed by atoms with Crippen LogP contribution in [0.25, 0.3) is 10.9 Å². The number of pyridine rings is 1. The van der Waals surface area contributed by atoms with E-state index in [9.17, 15) is 9.90 Å². The van der Waals surface area contributed by atoms with Gasteiger partial charge in [-0.1, -0.05) is 18.2 Å². The van der Waals surface area contributed by atoms with E-state index in [0.717, 1.165) is 30.8 Å². The van der Waals surface area contributed by atoms with Gasteiger partial charge in [-0.3, -0.25) is 14.7 Å². The van der Waals surface area contributed by atoms with Crippen LogP contribution in [0, 0.1) is 6.92 Å². The summed E-state index contributed by atoms with van der Waals surface area (Å²) in [6, 6.07) is 10.4. The number of piperazine rings is 1. The van der Waals surface area contributed by atoms with E-state index in [-0.39, 0.29) is 5.91 Å². The lowest BCUT2D eigenvalue weighted by Gasteiger charge is -2.35. The number of carbonyl (C=O) groups is 1. The predicted molar refractivity (Wildman–Crippen MR) is 90.0 cm³/mol. The normalized spacial score (nSPS) is 17.4. The highest BCUT2D eigenvalue weighted by atomic mass is 16.3. The Balaban J connectivity index is 1.71. The van der Waals surface area contributed by atoms with Crippen molar-refractivity contribution in [3.63, 3.8) is 0 Å². The van der Waals surface area contributed by atoms with Gasteiger partial charge in [0.15, 0.2) is 0 Å². The van der Waals surface area contributed by atoms with Gasteiger partial charge in [-0.05, 0) is 31.5 Å². The molecule has 1 aliphatic rings. The summed E-state index contributed by atoms with van der Waals surface area (Å²) < 4.78 is 0. The van der Waals surface area contributed by atoms with Crippen molar-refractivity contribution in [2.75, 3.05) is 26.2 Å². The Morgan fingerprint density at radius 2 is 1.96 bits per heavy atom. The predicted octanol–water partition coefficient (Wildman–Crippen LogP) is 1.57. The highest BCUT2D eigenvalue weighted by Gasteiger charge is 2.24. The molecule has 1 atom stereocenters. The summed E-state index contributed by atoms with van der Waals surface area (Å²) >= 11 is 0. The standard InChI is InChI=1S/C18H23N3O2/c1-13-11-15(16-5-3-4-6-17(16)19-13)12-20-7-9-21(10-8-20)18(23)14(2)22/h3-6,11,14,22H,7-10,12H2,1-2H3. The lowest BCUT2D eigenvalue weighted by atomic mass is 10.1. The lowest BCUT2D eigenvalue weighted by Crippen LogP contribution is -2.50. The molecule has 5 nitrogen and oxygen atoms in total. The first-order chi connectivity index (χ1) is 11.0. The van der Waals surface area contributed by atoms with E-state index >= 15 is 0 Å². The number of aromatic nitrogens is 1. The number of para-hydroxylation sites is 1. The molecule has 1 aromatic heterocycles. The minimum atomic E-state index is -0.909. The number of hydrogen-bond acceptors (Lipinski definition) is 4. The molecule has 1 fully saturated rings. The van der Waals surface area contributed by atoms with Gasteiger partial charge in [0, 0.05) is 43.8 Å². The average Bonchev–Trinajstić information content (AvgIpc) is 2.54. The molecule has 5 heteroatoms. The zero-order valence-corrected chi connectivity index (χ0v) is 13.7. The van der Waals surface area contributed by atoms with E-state index in [1.807, 2.05) is 25.1 Å². The van der Waals surface area contributed by atoms with Crippen LogP contribution in [0.1, 0.15) is 18.2 Å². The molecule has 0 saturated carbocycles. The maximum atomic E-state index is 11.8. The molecule has 1 N–H and O–H groups in total. The number of carbonyl (C=O) groups excluding carboxylic acids is 1. The fourth-order valence-corrected chi connectivity index (χ4v) is 3.16. The zero-order chi connectivity index (χ0) is 16.4. The summed E-state index contributed by atoms with van der Waals surface area (Å²) in [5, 5.41) is 10.6. The Hall–Kier alpha value is -1.98. The molecule has 2 aromatic rings.